The van der Waals surface area contributed by atoms with Gasteiger partial charge in [-0.15, -0.1) is 0 Å². The molecule has 0 heterocycles. The van der Waals surface area contributed by atoms with Crippen molar-refractivity contribution in [2.24, 2.45) is 0 Å². The number of sulfone groups is 1. The maximum Gasteiger partial charge on any atom is 0.260 e. The maximum atomic E-state index is 12.1. The minimum absolute atomic E-state index is 0.0454. The van der Waals surface area contributed by atoms with E-state index in [0.717, 1.165) is 6.26 Å². The number of rotatable bonds is 6. The Morgan fingerprint density at radius 3 is 2.30 bits per heavy atom. The fourth-order valence-corrected chi connectivity index (χ4v) is 1.96. The lowest BCUT2D eigenvalue weighted by Gasteiger charge is -2.18. The molecule has 0 saturated carbocycles. The summed E-state index contributed by atoms with van der Waals surface area (Å²) in [5.41, 5.74) is 0.321. The molecule has 7 heteroatoms. The molecule has 0 aliphatic heterocycles. The predicted octanol–water partition coefficient (Wildman–Crippen LogP) is 1.60. The monoisotopic (exact) mass is 299 g/mol. The second-order valence-corrected chi connectivity index (χ2v) is 6.06. The van der Waals surface area contributed by atoms with Crippen LogP contribution < -0.4 is 0 Å². The van der Waals surface area contributed by atoms with Crippen molar-refractivity contribution in [3.8, 4) is 0 Å². The third-order valence-electron chi connectivity index (χ3n) is 2.48. The van der Waals surface area contributed by atoms with Crippen LogP contribution in [-0.4, -0.2) is 39.1 Å². The van der Waals surface area contributed by atoms with Gasteiger partial charge in [-0.1, -0.05) is 0 Å². The van der Waals surface area contributed by atoms with Crippen molar-refractivity contribution in [3.05, 3.63) is 42.3 Å². The van der Waals surface area contributed by atoms with E-state index in [9.17, 15) is 13.2 Å². The normalized spacial score (nSPS) is 10.9. The van der Waals surface area contributed by atoms with Crippen molar-refractivity contribution in [2.45, 2.75) is 11.8 Å². The summed E-state index contributed by atoms with van der Waals surface area (Å²) in [6.45, 7) is 5.62. The van der Waals surface area contributed by atoms with Crippen LogP contribution in [-0.2, 0) is 19.6 Å². The van der Waals surface area contributed by atoms with Gasteiger partial charge in [0.1, 0.15) is 0 Å². The Bertz CT molecular complexity index is 592. The van der Waals surface area contributed by atoms with Crippen LogP contribution >= 0.6 is 0 Å². The molecular formula is C13H17NO5S. The van der Waals surface area contributed by atoms with Gasteiger partial charge < -0.3 is 4.89 Å². The van der Waals surface area contributed by atoms with Crippen LogP contribution in [0.15, 0.2) is 41.6 Å². The van der Waals surface area contributed by atoms with Gasteiger partial charge in [0, 0.05) is 18.9 Å². The minimum Gasteiger partial charge on any atom is -0.319 e. The zero-order chi connectivity index (χ0) is 15.3. The quantitative estimate of drug-likeness (QED) is 0.453. The minimum atomic E-state index is -3.28. The summed E-state index contributed by atoms with van der Waals surface area (Å²) in [5.74, 6) is -0.334. The molecule has 0 fully saturated rings. The lowest BCUT2D eigenvalue weighted by molar-refractivity contribution is -0.269. The molecule has 0 bridgehead atoms. The second kappa shape index (κ2) is 6.53. The lowest BCUT2D eigenvalue weighted by atomic mass is 10.2. The van der Waals surface area contributed by atoms with E-state index in [1.807, 2.05) is 0 Å². The van der Waals surface area contributed by atoms with Crippen LogP contribution in [0, 0.1) is 0 Å². The van der Waals surface area contributed by atoms with Crippen LogP contribution in [0.25, 0.3) is 0 Å². The van der Waals surface area contributed by atoms with Crippen molar-refractivity contribution in [1.29, 1.82) is 0 Å². The highest BCUT2D eigenvalue weighted by Crippen LogP contribution is 2.13. The molecule has 110 valence electrons. The predicted molar refractivity (Wildman–Crippen MR) is 73.5 cm³/mol. The van der Waals surface area contributed by atoms with E-state index >= 15 is 0 Å². The largest absolute Gasteiger partial charge is 0.319 e. The van der Waals surface area contributed by atoms with E-state index in [4.69, 9.17) is 9.78 Å². The number of amides is 1. The van der Waals surface area contributed by atoms with Gasteiger partial charge in [0.05, 0.1) is 11.5 Å². The third kappa shape index (κ3) is 4.07. The van der Waals surface area contributed by atoms with Crippen molar-refractivity contribution >= 4 is 15.7 Å². The summed E-state index contributed by atoms with van der Waals surface area (Å²) in [5, 5.41) is 0. The lowest BCUT2D eigenvalue weighted by Crippen LogP contribution is -2.27. The fourth-order valence-electron chi connectivity index (χ4n) is 1.33. The van der Waals surface area contributed by atoms with E-state index in [1.165, 1.54) is 36.2 Å². The highest BCUT2D eigenvalue weighted by atomic mass is 32.2. The molecule has 0 aliphatic rings. The van der Waals surface area contributed by atoms with Gasteiger partial charge >= 0.3 is 0 Å². The van der Waals surface area contributed by atoms with E-state index in [0.29, 0.717) is 12.2 Å². The van der Waals surface area contributed by atoms with Crippen LogP contribution in [0.4, 0.5) is 0 Å². The highest BCUT2D eigenvalue weighted by molar-refractivity contribution is 7.90. The summed E-state index contributed by atoms with van der Waals surface area (Å²) in [6.07, 6.45) is 1.10. The molecule has 0 aliphatic carbocycles. The fraction of sp³-hybridized carbons (Fsp3) is 0.308. The standard InChI is InChI=1S/C13H17NO5S/c1-5-18-19-10(2)14(3)13(15)11-6-8-12(9-7-11)20(4,16)17/h6-9H,2,5H2,1,3-4H3. The Labute approximate surface area is 118 Å². The molecule has 1 aromatic carbocycles. The number of carbonyl (C=O) groups excluding carboxylic acids is 1. The van der Waals surface area contributed by atoms with E-state index < -0.39 is 9.84 Å². The summed E-state index contributed by atoms with van der Waals surface area (Å²) in [6, 6.07) is 5.62. The molecule has 1 aromatic rings. The number of nitrogens with zero attached hydrogens (tertiary/aromatic N) is 1. The SMILES string of the molecule is C=C(OOCC)N(C)C(=O)c1ccc(S(C)(=O)=O)cc1. The van der Waals surface area contributed by atoms with Crippen LogP contribution in [0.2, 0.25) is 0 Å². The van der Waals surface area contributed by atoms with Gasteiger partial charge in [-0.3, -0.25) is 9.69 Å². The molecule has 0 unspecified atom stereocenters. The summed E-state index contributed by atoms with van der Waals surface area (Å²) in [7, 11) is -1.80. The Balaban J connectivity index is 2.85. The first-order valence-corrected chi connectivity index (χ1v) is 7.73. The number of carbonyl (C=O) groups is 1. The van der Waals surface area contributed by atoms with Crippen LogP contribution in [0.1, 0.15) is 17.3 Å². The molecule has 0 aromatic heterocycles. The first kappa shape index (κ1) is 16.2. The average molecular weight is 299 g/mol. The Morgan fingerprint density at radius 1 is 1.30 bits per heavy atom. The van der Waals surface area contributed by atoms with Gasteiger partial charge in [-0.05, 0) is 37.8 Å². The zero-order valence-corrected chi connectivity index (χ0v) is 12.4. The molecular weight excluding hydrogens is 282 g/mol. The van der Waals surface area contributed by atoms with E-state index in [-0.39, 0.29) is 16.7 Å². The molecule has 0 radical (unpaired) electrons. The first-order valence-electron chi connectivity index (χ1n) is 5.84. The van der Waals surface area contributed by atoms with E-state index in [2.05, 4.69) is 6.58 Å². The van der Waals surface area contributed by atoms with Gasteiger partial charge in [0.15, 0.2) is 9.84 Å². The molecule has 1 rings (SSSR count). The summed E-state index contributed by atoms with van der Waals surface area (Å²) >= 11 is 0. The smallest absolute Gasteiger partial charge is 0.260 e. The van der Waals surface area contributed by atoms with Gasteiger partial charge in [-0.25, -0.2) is 8.42 Å². The zero-order valence-electron chi connectivity index (χ0n) is 11.6. The number of hydrogen-bond donors (Lipinski definition) is 0. The molecule has 6 nitrogen and oxygen atoms in total. The number of hydrogen-bond acceptors (Lipinski definition) is 5. The van der Waals surface area contributed by atoms with Crippen LogP contribution in [0.3, 0.4) is 0 Å². The van der Waals surface area contributed by atoms with E-state index in [1.54, 1.807) is 6.92 Å². The van der Waals surface area contributed by atoms with Crippen molar-refractivity contribution in [2.75, 3.05) is 19.9 Å². The number of benzene rings is 1. The molecule has 20 heavy (non-hydrogen) atoms. The Kier molecular flexibility index (Phi) is 5.29. The third-order valence-corrected chi connectivity index (χ3v) is 3.61. The Morgan fingerprint density at radius 2 is 1.85 bits per heavy atom. The highest BCUT2D eigenvalue weighted by Gasteiger charge is 2.17. The summed E-state index contributed by atoms with van der Waals surface area (Å²) < 4.78 is 22.7. The molecule has 0 spiro atoms. The van der Waals surface area contributed by atoms with Gasteiger partial charge in [0.25, 0.3) is 5.91 Å². The van der Waals surface area contributed by atoms with Gasteiger partial charge in [-0.2, -0.15) is 4.89 Å². The van der Waals surface area contributed by atoms with Gasteiger partial charge in [0.2, 0.25) is 5.88 Å². The maximum absolute atomic E-state index is 12.1. The average Bonchev–Trinajstić information content (AvgIpc) is 2.42. The Hall–Kier alpha value is -1.86. The molecule has 1 amide bonds. The molecule has 0 atom stereocenters. The van der Waals surface area contributed by atoms with Crippen molar-refractivity contribution < 1.29 is 23.0 Å². The molecule has 0 N–H and O–H groups in total. The topological polar surface area (TPSA) is 72.9 Å². The molecule has 0 saturated heterocycles. The second-order valence-electron chi connectivity index (χ2n) is 4.04. The van der Waals surface area contributed by atoms with Crippen LogP contribution in [0.5, 0.6) is 0 Å². The first-order chi connectivity index (χ1) is 9.27. The summed E-state index contributed by atoms with van der Waals surface area (Å²) in [4.78, 5) is 22.9. The van der Waals surface area contributed by atoms with Crippen molar-refractivity contribution in [1.82, 2.24) is 4.90 Å². The van der Waals surface area contributed by atoms with Crippen molar-refractivity contribution in [3.63, 3.8) is 0 Å².